The first-order valence-electron chi connectivity index (χ1n) is 6.44. The van der Waals surface area contributed by atoms with Gasteiger partial charge in [0, 0.05) is 12.6 Å². The molecular formula is C12H15N5O. The van der Waals surface area contributed by atoms with Crippen LogP contribution in [0.5, 0.6) is 0 Å². The molecule has 0 aromatic carbocycles. The second kappa shape index (κ2) is 3.34. The maximum atomic E-state index is 11.3. The van der Waals surface area contributed by atoms with E-state index in [0.29, 0.717) is 11.1 Å². The molecule has 94 valence electrons. The number of hydrogen-bond donors (Lipinski definition) is 2. The van der Waals surface area contributed by atoms with Crippen molar-refractivity contribution in [2.75, 3.05) is 11.9 Å². The van der Waals surface area contributed by atoms with Gasteiger partial charge >= 0.3 is 5.69 Å². The molecule has 0 unspecified atom stereocenters. The Kier molecular flexibility index (Phi) is 1.87. The van der Waals surface area contributed by atoms with Crippen LogP contribution in [-0.4, -0.2) is 26.1 Å². The molecule has 2 aromatic heterocycles. The van der Waals surface area contributed by atoms with Gasteiger partial charge in [-0.2, -0.15) is 5.10 Å². The maximum absolute atomic E-state index is 11.3. The quantitative estimate of drug-likeness (QED) is 0.843. The fraction of sp³-hybridized carbons (Fsp3) is 0.583. The van der Waals surface area contributed by atoms with E-state index in [9.17, 15) is 4.79 Å². The Bertz CT molecular complexity index is 650. The minimum absolute atomic E-state index is 0.249. The van der Waals surface area contributed by atoms with Crippen molar-refractivity contribution in [3.8, 4) is 0 Å². The van der Waals surface area contributed by atoms with Gasteiger partial charge in [-0.15, -0.1) is 0 Å². The number of aromatic amines is 1. The van der Waals surface area contributed by atoms with Gasteiger partial charge < -0.3 is 5.32 Å². The van der Waals surface area contributed by atoms with E-state index in [4.69, 9.17) is 0 Å². The Labute approximate surface area is 103 Å². The Balaban J connectivity index is 1.54. The Morgan fingerprint density at radius 3 is 3.06 bits per heavy atom. The standard InChI is InChI=1S/C12H15N5O/c18-11-16-15-10-5-9(14-7-17(10)11)13-6-12(3-4-12)8-1-2-8/h5,7-8,13H,1-4,6H2,(H,16,18). The lowest BCUT2D eigenvalue weighted by atomic mass is 10.0. The fourth-order valence-corrected chi connectivity index (χ4v) is 2.76. The number of nitrogens with zero attached hydrogens (tertiary/aromatic N) is 3. The highest BCUT2D eigenvalue weighted by molar-refractivity contribution is 5.48. The van der Waals surface area contributed by atoms with Crippen LogP contribution in [0.2, 0.25) is 0 Å². The molecule has 2 saturated carbocycles. The van der Waals surface area contributed by atoms with E-state index >= 15 is 0 Å². The lowest BCUT2D eigenvalue weighted by Gasteiger charge is -2.15. The molecule has 0 saturated heterocycles. The molecule has 6 heteroatoms. The number of nitrogens with one attached hydrogen (secondary N) is 2. The second-order valence-electron chi connectivity index (χ2n) is 5.52. The van der Waals surface area contributed by atoms with Gasteiger partial charge in [0.1, 0.15) is 12.1 Å². The van der Waals surface area contributed by atoms with E-state index < -0.39 is 0 Å². The molecule has 2 aromatic rings. The molecule has 2 aliphatic rings. The van der Waals surface area contributed by atoms with Crippen molar-refractivity contribution in [2.24, 2.45) is 11.3 Å². The third-order valence-corrected chi connectivity index (χ3v) is 4.27. The number of H-pyrrole nitrogens is 1. The van der Waals surface area contributed by atoms with Crippen molar-refractivity contribution in [1.29, 1.82) is 0 Å². The summed E-state index contributed by atoms with van der Waals surface area (Å²) in [6.45, 7) is 0.996. The molecule has 2 fully saturated rings. The Morgan fingerprint density at radius 1 is 1.50 bits per heavy atom. The van der Waals surface area contributed by atoms with Gasteiger partial charge in [0.2, 0.25) is 0 Å². The summed E-state index contributed by atoms with van der Waals surface area (Å²) in [4.78, 5) is 15.5. The van der Waals surface area contributed by atoms with Gasteiger partial charge in [0.15, 0.2) is 5.65 Å². The van der Waals surface area contributed by atoms with Gasteiger partial charge in [0.05, 0.1) is 0 Å². The summed E-state index contributed by atoms with van der Waals surface area (Å²) < 4.78 is 1.40. The minimum Gasteiger partial charge on any atom is -0.369 e. The molecule has 0 amide bonds. The van der Waals surface area contributed by atoms with Crippen molar-refractivity contribution in [1.82, 2.24) is 19.6 Å². The summed E-state index contributed by atoms with van der Waals surface area (Å²) >= 11 is 0. The van der Waals surface area contributed by atoms with Crippen molar-refractivity contribution >= 4 is 11.5 Å². The first-order valence-corrected chi connectivity index (χ1v) is 6.44. The molecule has 0 radical (unpaired) electrons. The second-order valence-corrected chi connectivity index (χ2v) is 5.52. The summed E-state index contributed by atoms with van der Waals surface area (Å²) in [5.41, 5.74) is 0.897. The molecule has 6 nitrogen and oxygen atoms in total. The number of anilines is 1. The summed E-state index contributed by atoms with van der Waals surface area (Å²) in [6.07, 6.45) is 6.98. The van der Waals surface area contributed by atoms with Crippen molar-refractivity contribution in [3.05, 3.63) is 22.9 Å². The van der Waals surface area contributed by atoms with Crippen LogP contribution in [0.25, 0.3) is 5.65 Å². The van der Waals surface area contributed by atoms with Crippen LogP contribution in [0.15, 0.2) is 17.2 Å². The van der Waals surface area contributed by atoms with Crippen LogP contribution in [0.1, 0.15) is 25.7 Å². The van der Waals surface area contributed by atoms with Crippen molar-refractivity contribution in [2.45, 2.75) is 25.7 Å². The molecule has 2 N–H and O–H groups in total. The van der Waals surface area contributed by atoms with Gasteiger partial charge in [0.25, 0.3) is 0 Å². The maximum Gasteiger partial charge on any atom is 0.348 e. The minimum atomic E-state index is -0.249. The van der Waals surface area contributed by atoms with E-state index in [-0.39, 0.29) is 5.69 Å². The molecular weight excluding hydrogens is 230 g/mol. The van der Waals surface area contributed by atoms with Crippen molar-refractivity contribution < 1.29 is 0 Å². The molecule has 0 atom stereocenters. The van der Waals surface area contributed by atoms with Crippen LogP contribution in [0, 0.1) is 11.3 Å². The lowest BCUT2D eigenvalue weighted by Crippen LogP contribution is -2.18. The van der Waals surface area contributed by atoms with E-state index in [2.05, 4.69) is 20.5 Å². The highest BCUT2D eigenvalue weighted by atomic mass is 16.1. The molecule has 0 aliphatic heterocycles. The highest BCUT2D eigenvalue weighted by Gasteiger charge is 2.53. The van der Waals surface area contributed by atoms with Crippen LogP contribution >= 0.6 is 0 Å². The van der Waals surface area contributed by atoms with Gasteiger partial charge in [-0.1, -0.05) is 0 Å². The average molecular weight is 245 g/mol. The largest absolute Gasteiger partial charge is 0.369 e. The molecule has 0 bridgehead atoms. The van der Waals surface area contributed by atoms with Gasteiger partial charge in [-0.3, -0.25) is 0 Å². The first-order chi connectivity index (χ1) is 8.77. The Morgan fingerprint density at radius 2 is 2.33 bits per heavy atom. The van der Waals surface area contributed by atoms with Crippen LogP contribution in [0.3, 0.4) is 0 Å². The predicted octanol–water partition coefficient (Wildman–Crippen LogP) is 1.02. The molecule has 0 spiro atoms. The third kappa shape index (κ3) is 1.52. The zero-order chi connectivity index (χ0) is 12.2. The number of hydrogen-bond acceptors (Lipinski definition) is 4. The van der Waals surface area contributed by atoms with Crippen LogP contribution in [0.4, 0.5) is 5.82 Å². The summed E-state index contributed by atoms with van der Waals surface area (Å²) in [5.74, 6) is 1.73. The number of aromatic nitrogens is 4. The van der Waals surface area contributed by atoms with E-state index in [1.54, 1.807) is 6.07 Å². The zero-order valence-electron chi connectivity index (χ0n) is 10.0. The predicted molar refractivity (Wildman–Crippen MR) is 66.5 cm³/mol. The summed E-state index contributed by atoms with van der Waals surface area (Å²) in [5, 5.41) is 9.73. The Hall–Kier alpha value is -1.85. The van der Waals surface area contributed by atoms with E-state index in [0.717, 1.165) is 18.3 Å². The SMILES string of the molecule is O=c1[nH]nc2cc(NCC3(C4CC4)CC3)ncn12. The summed E-state index contributed by atoms with van der Waals surface area (Å²) in [6, 6.07) is 1.81. The fourth-order valence-electron chi connectivity index (χ4n) is 2.76. The van der Waals surface area contributed by atoms with Gasteiger partial charge in [-0.25, -0.2) is 19.3 Å². The first kappa shape index (κ1) is 10.1. The number of rotatable bonds is 4. The van der Waals surface area contributed by atoms with Crippen LogP contribution < -0.4 is 11.0 Å². The highest BCUT2D eigenvalue weighted by Crippen LogP contribution is 2.61. The summed E-state index contributed by atoms with van der Waals surface area (Å²) in [7, 11) is 0. The number of fused-ring (bicyclic) bond motifs is 1. The topological polar surface area (TPSA) is 75.1 Å². The molecule has 4 rings (SSSR count). The normalized spacial score (nSPS) is 21.1. The average Bonchev–Trinajstić information content (AvgIpc) is 3.26. The smallest absolute Gasteiger partial charge is 0.348 e. The monoisotopic (exact) mass is 245 g/mol. The lowest BCUT2D eigenvalue weighted by molar-refractivity contribution is 0.466. The van der Waals surface area contributed by atoms with E-state index in [1.807, 2.05) is 0 Å². The third-order valence-electron chi connectivity index (χ3n) is 4.27. The zero-order valence-corrected chi connectivity index (χ0v) is 10.0. The van der Waals surface area contributed by atoms with Crippen molar-refractivity contribution in [3.63, 3.8) is 0 Å². The molecule has 2 heterocycles. The van der Waals surface area contributed by atoms with E-state index in [1.165, 1.54) is 36.4 Å². The molecule has 2 aliphatic carbocycles. The molecule has 18 heavy (non-hydrogen) atoms. The van der Waals surface area contributed by atoms with Crippen LogP contribution in [-0.2, 0) is 0 Å². The van der Waals surface area contributed by atoms with Gasteiger partial charge in [-0.05, 0) is 37.0 Å².